The molecular formula is C25H25ClN6O. The normalized spacial score (nSPS) is 15.1. The molecule has 168 valence electrons. The summed E-state index contributed by atoms with van der Waals surface area (Å²) in [5.74, 6) is 0.113. The first-order valence-corrected chi connectivity index (χ1v) is 11.2. The van der Waals surface area contributed by atoms with Crippen molar-refractivity contribution in [1.82, 2.24) is 10.3 Å². The minimum Gasteiger partial charge on any atom is -0.369 e. The van der Waals surface area contributed by atoms with E-state index in [1.54, 1.807) is 12.1 Å². The molecule has 0 spiro atoms. The zero-order valence-electron chi connectivity index (χ0n) is 18.1. The van der Waals surface area contributed by atoms with Crippen molar-refractivity contribution in [2.45, 2.75) is 0 Å². The molecule has 1 amide bonds. The number of nitrogens with one attached hydrogen (secondary N) is 1. The highest BCUT2D eigenvalue weighted by Crippen LogP contribution is 2.24. The van der Waals surface area contributed by atoms with Gasteiger partial charge in [-0.1, -0.05) is 72.3 Å². The van der Waals surface area contributed by atoms with Crippen molar-refractivity contribution < 1.29 is 4.79 Å². The second-order valence-electron chi connectivity index (χ2n) is 7.59. The van der Waals surface area contributed by atoms with E-state index in [1.807, 2.05) is 60.7 Å². The van der Waals surface area contributed by atoms with Gasteiger partial charge in [0.05, 0.1) is 11.6 Å². The topological polar surface area (TPSA) is 72.7 Å². The Kier molecular flexibility index (Phi) is 7.79. The molecule has 3 aromatic carbocycles. The SMILES string of the molecule is O=C(CN1CCN(c2ccccc2)CC1)NN=C(N=Nc1ccccc1Cl)c1ccccc1. The van der Waals surface area contributed by atoms with Gasteiger partial charge in [-0.25, -0.2) is 5.43 Å². The number of amidine groups is 1. The first-order valence-electron chi connectivity index (χ1n) is 10.8. The van der Waals surface area contributed by atoms with Gasteiger partial charge >= 0.3 is 0 Å². The van der Waals surface area contributed by atoms with Crippen LogP contribution in [0.1, 0.15) is 5.56 Å². The van der Waals surface area contributed by atoms with Crippen molar-refractivity contribution in [3.8, 4) is 0 Å². The molecule has 0 unspecified atom stereocenters. The van der Waals surface area contributed by atoms with Gasteiger partial charge in [0.15, 0.2) is 0 Å². The maximum Gasteiger partial charge on any atom is 0.254 e. The van der Waals surface area contributed by atoms with Gasteiger partial charge in [0.25, 0.3) is 5.91 Å². The van der Waals surface area contributed by atoms with E-state index in [2.05, 4.69) is 42.7 Å². The Morgan fingerprint density at radius 1 is 0.848 bits per heavy atom. The Morgan fingerprint density at radius 3 is 2.18 bits per heavy atom. The zero-order chi connectivity index (χ0) is 22.9. The van der Waals surface area contributed by atoms with Gasteiger partial charge in [0, 0.05) is 37.4 Å². The second-order valence-corrected chi connectivity index (χ2v) is 7.99. The molecule has 4 rings (SSSR count). The number of amides is 1. The Balaban J connectivity index is 1.37. The van der Waals surface area contributed by atoms with Crippen molar-refractivity contribution in [3.05, 3.63) is 95.5 Å². The number of hydrogen-bond acceptors (Lipinski definition) is 5. The van der Waals surface area contributed by atoms with E-state index in [0.717, 1.165) is 31.7 Å². The number of piperazine rings is 1. The maximum absolute atomic E-state index is 12.6. The number of anilines is 1. The number of azo groups is 1. The first-order chi connectivity index (χ1) is 16.2. The molecule has 1 heterocycles. The van der Waals surface area contributed by atoms with E-state index < -0.39 is 0 Å². The number of carbonyl (C=O) groups excluding carboxylic acids is 1. The molecule has 1 N–H and O–H groups in total. The average Bonchev–Trinajstić information content (AvgIpc) is 2.86. The minimum atomic E-state index is -0.190. The second kappa shape index (κ2) is 11.4. The third-order valence-electron chi connectivity index (χ3n) is 5.28. The van der Waals surface area contributed by atoms with Gasteiger partial charge in [0.1, 0.15) is 5.69 Å². The van der Waals surface area contributed by atoms with Crippen LogP contribution in [0.25, 0.3) is 0 Å². The monoisotopic (exact) mass is 460 g/mol. The molecule has 8 heteroatoms. The van der Waals surface area contributed by atoms with E-state index in [4.69, 9.17) is 11.6 Å². The molecule has 0 atom stereocenters. The number of hydrogen-bond donors (Lipinski definition) is 1. The number of carbonyl (C=O) groups is 1. The number of hydrazone groups is 1. The standard InChI is InChI=1S/C25H25ClN6O/c26-22-13-7-8-14-23(22)27-29-25(20-9-3-1-4-10-20)30-28-24(33)19-31-15-17-32(18-16-31)21-11-5-2-6-12-21/h1-14H,15-19H2,(H,28,33). The summed E-state index contributed by atoms with van der Waals surface area (Å²) in [4.78, 5) is 17.0. The Bertz CT molecular complexity index is 1110. The molecule has 1 fully saturated rings. The fraction of sp³-hybridized carbons (Fsp3) is 0.200. The zero-order valence-corrected chi connectivity index (χ0v) is 18.9. The summed E-state index contributed by atoms with van der Waals surface area (Å²) in [6.07, 6.45) is 0. The number of halogens is 1. The molecule has 3 aromatic rings. The van der Waals surface area contributed by atoms with E-state index in [0.29, 0.717) is 16.5 Å². The van der Waals surface area contributed by atoms with Crippen molar-refractivity contribution in [2.24, 2.45) is 15.3 Å². The highest BCUT2D eigenvalue weighted by Gasteiger charge is 2.19. The van der Waals surface area contributed by atoms with Crippen LogP contribution in [0.15, 0.2) is 100 Å². The van der Waals surface area contributed by atoms with Crippen LogP contribution in [0, 0.1) is 0 Å². The van der Waals surface area contributed by atoms with Crippen molar-refractivity contribution >= 4 is 34.7 Å². The number of nitrogens with zero attached hydrogens (tertiary/aromatic N) is 5. The fourth-order valence-corrected chi connectivity index (χ4v) is 3.70. The average molecular weight is 461 g/mol. The van der Waals surface area contributed by atoms with Crippen LogP contribution in [0.3, 0.4) is 0 Å². The highest BCUT2D eigenvalue weighted by molar-refractivity contribution is 6.32. The molecule has 0 saturated carbocycles. The van der Waals surface area contributed by atoms with Crippen molar-refractivity contribution in [1.29, 1.82) is 0 Å². The molecule has 0 aromatic heterocycles. The molecular weight excluding hydrogens is 436 g/mol. The van der Waals surface area contributed by atoms with Gasteiger partial charge in [0.2, 0.25) is 5.84 Å². The highest BCUT2D eigenvalue weighted by atomic mass is 35.5. The third kappa shape index (κ3) is 6.47. The lowest BCUT2D eigenvalue weighted by Gasteiger charge is -2.35. The summed E-state index contributed by atoms with van der Waals surface area (Å²) < 4.78 is 0. The predicted molar refractivity (Wildman–Crippen MR) is 132 cm³/mol. The quantitative estimate of drug-likeness (QED) is 0.250. The van der Waals surface area contributed by atoms with E-state index in [-0.39, 0.29) is 12.5 Å². The lowest BCUT2D eigenvalue weighted by atomic mass is 10.2. The maximum atomic E-state index is 12.6. The van der Waals surface area contributed by atoms with Crippen molar-refractivity contribution in [3.63, 3.8) is 0 Å². The number of benzene rings is 3. The summed E-state index contributed by atoms with van der Waals surface area (Å²) >= 11 is 6.17. The lowest BCUT2D eigenvalue weighted by molar-refractivity contribution is -0.122. The summed E-state index contributed by atoms with van der Waals surface area (Å²) in [7, 11) is 0. The molecule has 0 radical (unpaired) electrons. The minimum absolute atomic E-state index is 0.190. The molecule has 0 aliphatic carbocycles. The number of rotatable bonds is 6. The Hall–Kier alpha value is -3.55. The van der Waals surface area contributed by atoms with Crippen LogP contribution >= 0.6 is 11.6 Å². The van der Waals surface area contributed by atoms with E-state index >= 15 is 0 Å². The van der Waals surface area contributed by atoms with Gasteiger partial charge in [-0.2, -0.15) is 5.10 Å². The van der Waals surface area contributed by atoms with Gasteiger partial charge in [-0.3, -0.25) is 9.69 Å². The Morgan fingerprint density at radius 2 is 1.48 bits per heavy atom. The molecule has 7 nitrogen and oxygen atoms in total. The summed E-state index contributed by atoms with van der Waals surface area (Å²) in [6, 6.07) is 26.9. The molecule has 1 saturated heterocycles. The van der Waals surface area contributed by atoms with Crippen LogP contribution in [0.4, 0.5) is 11.4 Å². The predicted octanol–water partition coefficient (Wildman–Crippen LogP) is 4.72. The lowest BCUT2D eigenvalue weighted by Crippen LogP contribution is -2.49. The van der Waals surface area contributed by atoms with Gasteiger partial charge < -0.3 is 4.90 Å². The summed E-state index contributed by atoms with van der Waals surface area (Å²) in [5.41, 5.74) is 5.11. The largest absolute Gasteiger partial charge is 0.369 e. The van der Waals surface area contributed by atoms with Crippen LogP contribution in [0.2, 0.25) is 5.02 Å². The smallest absolute Gasteiger partial charge is 0.254 e. The van der Waals surface area contributed by atoms with Crippen LogP contribution < -0.4 is 10.3 Å². The Labute approximate surface area is 198 Å². The molecule has 1 aliphatic heterocycles. The van der Waals surface area contributed by atoms with Gasteiger partial charge in [-0.15, -0.1) is 10.2 Å². The molecule has 1 aliphatic rings. The van der Waals surface area contributed by atoms with Crippen LogP contribution in [-0.2, 0) is 4.79 Å². The summed E-state index contributed by atoms with van der Waals surface area (Å²) in [5, 5.41) is 13.2. The fourth-order valence-electron chi connectivity index (χ4n) is 3.52. The van der Waals surface area contributed by atoms with E-state index in [1.165, 1.54) is 5.69 Å². The van der Waals surface area contributed by atoms with E-state index in [9.17, 15) is 4.79 Å². The summed E-state index contributed by atoms with van der Waals surface area (Å²) in [6.45, 7) is 3.65. The molecule has 33 heavy (non-hydrogen) atoms. The van der Waals surface area contributed by atoms with Gasteiger partial charge in [-0.05, 0) is 24.3 Å². The van der Waals surface area contributed by atoms with Crippen LogP contribution in [-0.4, -0.2) is 49.4 Å². The third-order valence-corrected chi connectivity index (χ3v) is 5.60. The van der Waals surface area contributed by atoms with Crippen molar-refractivity contribution in [2.75, 3.05) is 37.6 Å². The molecule has 0 bridgehead atoms. The first kappa shape index (κ1) is 22.6. The number of para-hydroxylation sites is 1. The van der Waals surface area contributed by atoms with Crippen LogP contribution in [0.5, 0.6) is 0 Å².